The summed E-state index contributed by atoms with van der Waals surface area (Å²) < 4.78 is 0. The molecule has 114 valence electrons. The summed E-state index contributed by atoms with van der Waals surface area (Å²) in [5, 5.41) is 3.58. The van der Waals surface area contributed by atoms with Gasteiger partial charge in [-0.1, -0.05) is 36.8 Å². The molecule has 21 heavy (non-hydrogen) atoms. The molecule has 1 amide bonds. The van der Waals surface area contributed by atoms with Gasteiger partial charge in [-0.3, -0.25) is 4.79 Å². The summed E-state index contributed by atoms with van der Waals surface area (Å²) in [6.07, 6.45) is 4.48. The summed E-state index contributed by atoms with van der Waals surface area (Å²) in [7, 11) is 0. The second-order valence-electron chi connectivity index (χ2n) is 6.64. The van der Waals surface area contributed by atoms with Gasteiger partial charge in [0.2, 0.25) is 5.91 Å². The van der Waals surface area contributed by atoms with E-state index in [1.54, 1.807) is 0 Å². The van der Waals surface area contributed by atoms with E-state index < -0.39 is 0 Å². The van der Waals surface area contributed by atoms with Crippen molar-refractivity contribution in [2.24, 2.45) is 5.92 Å². The van der Waals surface area contributed by atoms with Crippen LogP contribution < -0.4 is 5.32 Å². The second-order valence-corrected chi connectivity index (χ2v) is 6.64. The van der Waals surface area contributed by atoms with Crippen LogP contribution in [0.3, 0.4) is 0 Å². The Balaban J connectivity index is 1.68. The molecule has 0 saturated carbocycles. The van der Waals surface area contributed by atoms with E-state index in [1.165, 1.54) is 24.0 Å². The van der Waals surface area contributed by atoms with Crippen molar-refractivity contribution in [1.82, 2.24) is 10.2 Å². The number of benzene rings is 1. The SMILES string of the molecule is CCCN(Cc1ccc(C)cc1)C(=O)C1CC2CCC1N2. The Kier molecular flexibility index (Phi) is 4.29. The van der Waals surface area contributed by atoms with Crippen molar-refractivity contribution < 1.29 is 4.79 Å². The summed E-state index contributed by atoms with van der Waals surface area (Å²) in [4.78, 5) is 14.9. The standard InChI is InChI=1S/C18H26N2O/c1-3-10-20(12-14-6-4-13(2)5-7-14)18(21)16-11-15-8-9-17(16)19-15/h4-7,15-17,19H,3,8-12H2,1-2H3. The van der Waals surface area contributed by atoms with Crippen LogP contribution in [0.15, 0.2) is 24.3 Å². The van der Waals surface area contributed by atoms with Gasteiger partial charge < -0.3 is 10.2 Å². The first-order valence-corrected chi connectivity index (χ1v) is 8.27. The molecular weight excluding hydrogens is 260 g/mol. The quantitative estimate of drug-likeness (QED) is 0.902. The van der Waals surface area contributed by atoms with Gasteiger partial charge in [-0.05, 0) is 38.2 Å². The number of amides is 1. The molecule has 3 atom stereocenters. The number of hydrogen-bond acceptors (Lipinski definition) is 2. The van der Waals surface area contributed by atoms with E-state index in [9.17, 15) is 4.79 Å². The summed E-state index contributed by atoms with van der Waals surface area (Å²) >= 11 is 0. The smallest absolute Gasteiger partial charge is 0.227 e. The zero-order chi connectivity index (χ0) is 14.8. The molecule has 3 nitrogen and oxygen atoms in total. The highest BCUT2D eigenvalue weighted by Gasteiger charge is 2.43. The molecule has 3 heteroatoms. The molecule has 2 fully saturated rings. The Labute approximate surface area is 127 Å². The Morgan fingerprint density at radius 3 is 2.62 bits per heavy atom. The summed E-state index contributed by atoms with van der Waals surface area (Å²) in [6, 6.07) is 9.56. The monoisotopic (exact) mass is 286 g/mol. The lowest BCUT2D eigenvalue weighted by Crippen LogP contribution is -2.41. The number of rotatable bonds is 5. The predicted molar refractivity (Wildman–Crippen MR) is 84.9 cm³/mol. The van der Waals surface area contributed by atoms with E-state index >= 15 is 0 Å². The minimum Gasteiger partial charge on any atom is -0.338 e. The third kappa shape index (κ3) is 3.13. The van der Waals surface area contributed by atoms with Gasteiger partial charge in [0.05, 0.1) is 5.92 Å². The second kappa shape index (κ2) is 6.18. The minimum absolute atomic E-state index is 0.209. The highest BCUT2D eigenvalue weighted by molar-refractivity contribution is 5.80. The van der Waals surface area contributed by atoms with Crippen molar-refractivity contribution in [2.75, 3.05) is 6.54 Å². The van der Waals surface area contributed by atoms with E-state index in [0.29, 0.717) is 18.0 Å². The molecule has 0 aromatic heterocycles. The fourth-order valence-corrected chi connectivity index (χ4v) is 3.78. The van der Waals surface area contributed by atoms with Gasteiger partial charge in [0.1, 0.15) is 0 Å². The molecule has 1 N–H and O–H groups in total. The Morgan fingerprint density at radius 2 is 2.05 bits per heavy atom. The van der Waals surface area contributed by atoms with Crippen molar-refractivity contribution in [3.05, 3.63) is 35.4 Å². The summed E-state index contributed by atoms with van der Waals surface area (Å²) in [5.41, 5.74) is 2.50. The van der Waals surface area contributed by atoms with Crippen LogP contribution in [-0.2, 0) is 11.3 Å². The maximum Gasteiger partial charge on any atom is 0.227 e. The topological polar surface area (TPSA) is 32.3 Å². The van der Waals surface area contributed by atoms with Crippen molar-refractivity contribution in [3.8, 4) is 0 Å². The Hall–Kier alpha value is -1.35. The van der Waals surface area contributed by atoms with Gasteiger partial charge in [-0.25, -0.2) is 0 Å². The van der Waals surface area contributed by atoms with E-state index in [2.05, 4.69) is 48.3 Å². The zero-order valence-electron chi connectivity index (χ0n) is 13.1. The molecule has 3 rings (SSSR count). The number of nitrogens with one attached hydrogen (secondary N) is 1. The Morgan fingerprint density at radius 1 is 1.29 bits per heavy atom. The van der Waals surface area contributed by atoms with Crippen molar-refractivity contribution in [3.63, 3.8) is 0 Å². The molecule has 2 aliphatic heterocycles. The largest absolute Gasteiger partial charge is 0.338 e. The lowest BCUT2D eigenvalue weighted by atomic mass is 9.88. The first-order chi connectivity index (χ1) is 10.2. The van der Waals surface area contributed by atoms with Crippen molar-refractivity contribution in [1.29, 1.82) is 0 Å². The highest BCUT2D eigenvalue weighted by Crippen LogP contribution is 2.34. The van der Waals surface area contributed by atoms with Crippen LogP contribution in [0.4, 0.5) is 0 Å². The van der Waals surface area contributed by atoms with Crippen LogP contribution in [-0.4, -0.2) is 29.4 Å². The third-order valence-corrected chi connectivity index (χ3v) is 4.92. The van der Waals surface area contributed by atoms with E-state index in [4.69, 9.17) is 0 Å². The number of carbonyl (C=O) groups excluding carboxylic acids is 1. The van der Waals surface area contributed by atoms with Crippen LogP contribution in [0.25, 0.3) is 0 Å². The molecule has 2 aliphatic rings. The number of fused-ring (bicyclic) bond motifs is 2. The Bertz CT molecular complexity index is 496. The van der Waals surface area contributed by atoms with Crippen molar-refractivity contribution in [2.45, 2.75) is 58.2 Å². The van der Waals surface area contributed by atoms with Gasteiger partial charge in [-0.2, -0.15) is 0 Å². The van der Waals surface area contributed by atoms with Crippen LogP contribution >= 0.6 is 0 Å². The van der Waals surface area contributed by atoms with Gasteiger partial charge in [0, 0.05) is 25.2 Å². The maximum atomic E-state index is 12.9. The van der Waals surface area contributed by atoms with Crippen LogP contribution in [0.2, 0.25) is 0 Å². The number of aryl methyl sites for hydroxylation is 1. The minimum atomic E-state index is 0.209. The van der Waals surface area contributed by atoms with Gasteiger partial charge >= 0.3 is 0 Å². The van der Waals surface area contributed by atoms with E-state index in [-0.39, 0.29) is 5.92 Å². The predicted octanol–water partition coefficient (Wildman–Crippen LogP) is 2.87. The van der Waals surface area contributed by atoms with Crippen molar-refractivity contribution >= 4 is 5.91 Å². The highest BCUT2D eigenvalue weighted by atomic mass is 16.2. The summed E-state index contributed by atoms with van der Waals surface area (Å²) in [6.45, 7) is 5.86. The summed E-state index contributed by atoms with van der Waals surface area (Å²) in [5.74, 6) is 0.567. The lowest BCUT2D eigenvalue weighted by Gasteiger charge is -2.28. The number of hydrogen-bond donors (Lipinski definition) is 1. The maximum absolute atomic E-state index is 12.9. The van der Waals surface area contributed by atoms with Gasteiger partial charge in [0.15, 0.2) is 0 Å². The van der Waals surface area contributed by atoms with E-state index in [0.717, 1.165) is 25.9 Å². The van der Waals surface area contributed by atoms with Crippen LogP contribution in [0, 0.1) is 12.8 Å². The molecule has 2 saturated heterocycles. The molecule has 1 aromatic carbocycles. The van der Waals surface area contributed by atoms with Crippen LogP contribution in [0.5, 0.6) is 0 Å². The molecule has 0 aliphatic carbocycles. The fourth-order valence-electron chi connectivity index (χ4n) is 3.78. The first-order valence-electron chi connectivity index (χ1n) is 8.27. The van der Waals surface area contributed by atoms with E-state index in [1.807, 2.05) is 0 Å². The number of carbonyl (C=O) groups is 1. The molecule has 0 radical (unpaired) electrons. The third-order valence-electron chi connectivity index (χ3n) is 4.92. The molecule has 1 aromatic rings. The normalized spacial score (nSPS) is 27.0. The fraction of sp³-hybridized carbons (Fsp3) is 0.611. The van der Waals surface area contributed by atoms with Gasteiger partial charge in [0.25, 0.3) is 0 Å². The average molecular weight is 286 g/mol. The van der Waals surface area contributed by atoms with Crippen LogP contribution in [0.1, 0.15) is 43.7 Å². The average Bonchev–Trinajstić information content (AvgIpc) is 3.11. The number of nitrogens with zero attached hydrogens (tertiary/aromatic N) is 1. The molecule has 0 spiro atoms. The first kappa shape index (κ1) is 14.6. The van der Waals surface area contributed by atoms with Gasteiger partial charge in [-0.15, -0.1) is 0 Å². The molecular formula is C18H26N2O. The lowest BCUT2D eigenvalue weighted by molar-refractivity contribution is -0.136. The molecule has 2 heterocycles. The molecule has 3 unspecified atom stereocenters. The molecule has 2 bridgehead atoms. The zero-order valence-corrected chi connectivity index (χ0v) is 13.1.